The van der Waals surface area contributed by atoms with Crippen molar-refractivity contribution in [2.24, 2.45) is 5.92 Å². The molecule has 2 aromatic heterocycles. The standard InChI is InChI=1S/C31H31NO.2CH3.ClH.Ir/c1-19(2)14-23-17-22(21-8-4-5-9-21)18-26-24(23)12-13-32-30(26)28-16-20(3)15-27-25-10-6-7-11-29(25)33-31(27)28;;;;/h6-7,10-13,15-19,21H,4-5,8-9,14H2,1-3H3;2*1H3;1H;/q;2*-1;;+3/p-1. The number of halogens is 1. The fourth-order valence-corrected chi connectivity index (χ4v) is 5.85. The molecule has 1 aliphatic rings. The number of para-hydroxylation sites is 1. The Balaban J connectivity index is 0.000000929. The van der Waals surface area contributed by atoms with Crippen LogP contribution >= 0.6 is 9.58 Å². The van der Waals surface area contributed by atoms with E-state index in [-0.39, 0.29) is 14.9 Å². The van der Waals surface area contributed by atoms with Crippen LogP contribution in [-0.4, -0.2) is 4.98 Å². The number of aromatic nitrogens is 1. The number of hydrogen-bond donors (Lipinski definition) is 0. The number of nitrogens with zero attached hydrogens (tertiary/aromatic N) is 1. The second kappa shape index (κ2) is 12.6. The summed E-state index contributed by atoms with van der Waals surface area (Å²) in [5.74, 6) is 1.29. The summed E-state index contributed by atoms with van der Waals surface area (Å²) in [4.78, 5) is 4.97. The molecule has 196 valence electrons. The molecule has 0 unspecified atom stereocenters. The predicted molar refractivity (Wildman–Crippen MR) is 158 cm³/mol. The zero-order chi connectivity index (χ0) is 24.5. The van der Waals surface area contributed by atoms with Gasteiger partial charge in [-0.25, -0.2) is 0 Å². The van der Waals surface area contributed by atoms with Gasteiger partial charge in [0.05, 0.1) is 5.69 Å². The molecule has 0 atom stereocenters. The molecule has 0 amide bonds. The summed E-state index contributed by atoms with van der Waals surface area (Å²) in [7, 11) is 4.64. The zero-order valence-corrected chi connectivity index (χ0v) is 25.7. The summed E-state index contributed by atoms with van der Waals surface area (Å²) in [6.07, 6.45) is 8.38. The Morgan fingerprint density at radius 2 is 1.65 bits per heavy atom. The summed E-state index contributed by atoms with van der Waals surface area (Å²) in [5.41, 5.74) is 8.22. The summed E-state index contributed by atoms with van der Waals surface area (Å²) < 4.78 is 6.43. The molecule has 2 nitrogen and oxygen atoms in total. The molecule has 4 heteroatoms. The number of hydrogen-bond acceptors (Lipinski definition) is 2. The molecule has 1 fully saturated rings. The van der Waals surface area contributed by atoms with E-state index in [0.29, 0.717) is 11.8 Å². The second-order valence-electron chi connectivity index (χ2n) is 10.3. The fraction of sp³-hybridized carbons (Fsp3) is 0.303. The van der Waals surface area contributed by atoms with E-state index in [9.17, 15) is 0 Å². The van der Waals surface area contributed by atoms with Crippen molar-refractivity contribution < 1.29 is 22.3 Å². The molecule has 5 aromatic rings. The van der Waals surface area contributed by atoms with Gasteiger partial charge >= 0.3 is 27.5 Å². The third kappa shape index (κ3) is 5.65. The Morgan fingerprint density at radius 3 is 2.38 bits per heavy atom. The van der Waals surface area contributed by atoms with Gasteiger partial charge in [0.1, 0.15) is 11.2 Å². The molecule has 0 aliphatic heterocycles. The summed E-state index contributed by atoms with van der Waals surface area (Å²) in [6.45, 7) is 6.80. The minimum absolute atomic E-state index is 0. The monoisotopic (exact) mass is 691 g/mol. The van der Waals surface area contributed by atoms with E-state index in [1.165, 1.54) is 81.8 Å². The first kappa shape index (κ1) is 29.4. The Morgan fingerprint density at radius 1 is 0.919 bits per heavy atom. The SMILES string of the molecule is Cc1cc(-c2nccc3c(CC(C)C)cc(C4CCCC4)cc23)c2oc3ccccc3c2c1.[CH3-].[CH3-].[Cl][Ir+2]. The van der Waals surface area contributed by atoms with Gasteiger partial charge in [-0.05, 0) is 90.4 Å². The van der Waals surface area contributed by atoms with Gasteiger partial charge in [0.15, 0.2) is 0 Å². The second-order valence-corrected chi connectivity index (χ2v) is 10.3. The topological polar surface area (TPSA) is 26.0 Å². The molecular formula is C33H37ClIrNO. The number of furan rings is 1. The molecular weight excluding hydrogens is 654 g/mol. The van der Waals surface area contributed by atoms with Crippen molar-refractivity contribution in [3.8, 4) is 11.3 Å². The van der Waals surface area contributed by atoms with Crippen LogP contribution in [0.4, 0.5) is 0 Å². The Labute approximate surface area is 237 Å². The van der Waals surface area contributed by atoms with Crippen LogP contribution in [0.2, 0.25) is 0 Å². The van der Waals surface area contributed by atoms with Crippen molar-refractivity contribution in [2.75, 3.05) is 0 Å². The molecule has 2 heterocycles. The molecule has 1 saturated carbocycles. The third-order valence-corrected chi connectivity index (χ3v) is 7.32. The van der Waals surface area contributed by atoms with E-state index in [2.05, 4.69) is 78.9 Å². The number of pyridine rings is 1. The molecule has 0 radical (unpaired) electrons. The van der Waals surface area contributed by atoms with E-state index in [1.807, 2.05) is 12.3 Å². The molecule has 1 aliphatic carbocycles. The first-order chi connectivity index (χ1) is 17.1. The van der Waals surface area contributed by atoms with E-state index in [4.69, 9.17) is 9.40 Å². The summed E-state index contributed by atoms with van der Waals surface area (Å²) >= 11 is 1.47. The van der Waals surface area contributed by atoms with Crippen LogP contribution in [0, 0.1) is 27.7 Å². The minimum atomic E-state index is 0. The van der Waals surface area contributed by atoms with Gasteiger partial charge < -0.3 is 19.3 Å². The van der Waals surface area contributed by atoms with Gasteiger partial charge in [0.25, 0.3) is 0 Å². The van der Waals surface area contributed by atoms with Crippen LogP contribution in [0.5, 0.6) is 0 Å². The van der Waals surface area contributed by atoms with Gasteiger partial charge in [-0.3, -0.25) is 4.98 Å². The molecule has 0 saturated heterocycles. The Bertz CT molecular complexity index is 1500. The molecule has 0 spiro atoms. The normalized spacial score (nSPS) is 13.5. The van der Waals surface area contributed by atoms with Crippen LogP contribution in [0.15, 0.2) is 65.2 Å². The summed E-state index contributed by atoms with van der Waals surface area (Å²) in [6, 6.07) is 20.0. The van der Waals surface area contributed by atoms with Gasteiger partial charge in [0, 0.05) is 27.9 Å². The maximum atomic E-state index is 6.43. The van der Waals surface area contributed by atoms with Gasteiger partial charge in [-0.2, -0.15) is 0 Å². The first-order valence-corrected chi connectivity index (χ1v) is 15.5. The van der Waals surface area contributed by atoms with E-state index in [0.717, 1.165) is 28.8 Å². The van der Waals surface area contributed by atoms with Crippen LogP contribution in [0.25, 0.3) is 44.0 Å². The van der Waals surface area contributed by atoms with E-state index in [1.54, 1.807) is 0 Å². The zero-order valence-electron chi connectivity index (χ0n) is 22.5. The van der Waals surface area contributed by atoms with E-state index >= 15 is 0 Å². The van der Waals surface area contributed by atoms with Gasteiger partial charge in [-0.1, -0.05) is 51.0 Å². The van der Waals surface area contributed by atoms with Crippen molar-refractivity contribution in [1.29, 1.82) is 0 Å². The van der Waals surface area contributed by atoms with Crippen molar-refractivity contribution in [2.45, 2.75) is 58.8 Å². The van der Waals surface area contributed by atoms with Crippen LogP contribution < -0.4 is 0 Å². The molecule has 37 heavy (non-hydrogen) atoms. The Kier molecular flexibility index (Phi) is 9.98. The quantitative estimate of drug-likeness (QED) is 0.175. The van der Waals surface area contributed by atoms with Crippen LogP contribution in [-0.2, 0) is 24.3 Å². The number of fused-ring (bicyclic) bond motifs is 4. The van der Waals surface area contributed by atoms with Crippen molar-refractivity contribution in [3.63, 3.8) is 0 Å². The van der Waals surface area contributed by atoms with E-state index < -0.39 is 0 Å². The van der Waals surface area contributed by atoms with Crippen molar-refractivity contribution in [3.05, 3.63) is 92.3 Å². The molecule has 6 rings (SSSR count). The predicted octanol–water partition coefficient (Wildman–Crippen LogP) is 10.6. The summed E-state index contributed by atoms with van der Waals surface area (Å²) in [5, 5.41) is 4.95. The van der Waals surface area contributed by atoms with Gasteiger partial charge in [-0.15, -0.1) is 0 Å². The van der Waals surface area contributed by atoms with Gasteiger partial charge in [0.2, 0.25) is 0 Å². The Hall–Kier alpha value is -2.19. The number of benzene rings is 3. The average Bonchev–Trinajstić information content (AvgIpc) is 3.53. The molecule has 0 bridgehead atoms. The third-order valence-electron chi connectivity index (χ3n) is 7.32. The van der Waals surface area contributed by atoms with Crippen molar-refractivity contribution in [1.82, 2.24) is 4.98 Å². The van der Waals surface area contributed by atoms with Crippen molar-refractivity contribution >= 4 is 42.3 Å². The first-order valence-electron chi connectivity index (χ1n) is 12.5. The maximum absolute atomic E-state index is 6.43. The molecule has 0 N–H and O–H groups in total. The molecule has 3 aromatic carbocycles. The number of rotatable bonds is 4. The van der Waals surface area contributed by atoms with Crippen LogP contribution in [0.1, 0.15) is 62.1 Å². The average molecular weight is 691 g/mol. The van der Waals surface area contributed by atoms with Crippen LogP contribution in [0.3, 0.4) is 0 Å². The fourth-order valence-electron chi connectivity index (χ4n) is 5.85. The number of aryl methyl sites for hydroxylation is 1.